The van der Waals surface area contributed by atoms with Gasteiger partial charge in [0.2, 0.25) is 0 Å². The number of piperidine rings is 1. The molecule has 0 saturated carbocycles. The third kappa shape index (κ3) is 3.06. The van der Waals surface area contributed by atoms with Crippen LogP contribution in [-0.4, -0.2) is 41.6 Å². The molecule has 1 aromatic heterocycles. The Labute approximate surface area is 101 Å². The van der Waals surface area contributed by atoms with Crippen molar-refractivity contribution in [1.29, 1.82) is 0 Å². The summed E-state index contributed by atoms with van der Waals surface area (Å²) in [7, 11) is 0. The van der Waals surface area contributed by atoms with Gasteiger partial charge >= 0.3 is 0 Å². The van der Waals surface area contributed by atoms with Crippen LogP contribution in [0.2, 0.25) is 0 Å². The number of rotatable bonds is 4. The van der Waals surface area contributed by atoms with Crippen LogP contribution in [0.5, 0.6) is 0 Å². The first-order chi connectivity index (χ1) is 7.90. The van der Waals surface area contributed by atoms with Crippen LogP contribution >= 0.6 is 11.6 Å². The van der Waals surface area contributed by atoms with E-state index in [1.54, 1.807) is 12.5 Å². The molecule has 1 aromatic rings. The quantitative estimate of drug-likeness (QED) is 0.753. The van der Waals surface area contributed by atoms with Gasteiger partial charge in [0.15, 0.2) is 0 Å². The zero-order chi connectivity index (χ0) is 11.2. The number of halogens is 1. The molecule has 0 amide bonds. The molecule has 16 heavy (non-hydrogen) atoms. The number of hydrogen-bond acceptors (Lipinski definition) is 4. The van der Waals surface area contributed by atoms with Gasteiger partial charge in [-0.15, -0.1) is 11.6 Å². The third-order valence-corrected chi connectivity index (χ3v) is 2.92. The van der Waals surface area contributed by atoms with E-state index >= 15 is 0 Å². The van der Waals surface area contributed by atoms with Crippen LogP contribution in [0.3, 0.4) is 0 Å². The van der Waals surface area contributed by atoms with Gasteiger partial charge in [-0.3, -0.25) is 0 Å². The molecule has 1 aliphatic heterocycles. The first-order valence-corrected chi connectivity index (χ1v) is 6.12. The van der Waals surface area contributed by atoms with E-state index in [2.05, 4.69) is 14.9 Å². The topological polar surface area (TPSA) is 38.2 Å². The summed E-state index contributed by atoms with van der Waals surface area (Å²) >= 11 is 5.59. The molecule has 0 aliphatic carbocycles. The minimum absolute atomic E-state index is 0.358. The van der Waals surface area contributed by atoms with Crippen molar-refractivity contribution in [2.75, 3.05) is 30.5 Å². The highest BCUT2D eigenvalue weighted by atomic mass is 35.5. The van der Waals surface area contributed by atoms with Crippen molar-refractivity contribution in [1.82, 2.24) is 9.97 Å². The fourth-order valence-electron chi connectivity index (χ4n) is 1.93. The average molecular weight is 242 g/mol. The normalized spacial score (nSPS) is 17.7. The molecule has 5 heteroatoms. The van der Waals surface area contributed by atoms with Gasteiger partial charge in [-0.25, -0.2) is 9.97 Å². The van der Waals surface area contributed by atoms with E-state index in [0.29, 0.717) is 18.6 Å². The van der Waals surface area contributed by atoms with E-state index in [-0.39, 0.29) is 0 Å². The SMILES string of the molecule is ClCCOC1CCN(c2ccncn2)CC1. The zero-order valence-corrected chi connectivity index (χ0v) is 9.94. The van der Waals surface area contributed by atoms with E-state index in [1.807, 2.05) is 6.07 Å². The van der Waals surface area contributed by atoms with Crippen molar-refractivity contribution < 1.29 is 4.74 Å². The molecule has 0 aromatic carbocycles. The molecular weight excluding hydrogens is 226 g/mol. The van der Waals surface area contributed by atoms with Gasteiger partial charge < -0.3 is 9.64 Å². The molecular formula is C11H16ClN3O. The van der Waals surface area contributed by atoms with E-state index in [1.165, 1.54) is 0 Å². The van der Waals surface area contributed by atoms with Crippen LogP contribution in [0, 0.1) is 0 Å². The average Bonchev–Trinajstić information content (AvgIpc) is 2.38. The molecule has 0 spiro atoms. The smallest absolute Gasteiger partial charge is 0.131 e. The van der Waals surface area contributed by atoms with Gasteiger partial charge in [0, 0.05) is 25.2 Å². The molecule has 88 valence electrons. The fraction of sp³-hybridized carbons (Fsp3) is 0.636. The van der Waals surface area contributed by atoms with E-state index in [0.717, 1.165) is 31.7 Å². The van der Waals surface area contributed by atoms with Gasteiger partial charge in [-0.05, 0) is 18.9 Å². The van der Waals surface area contributed by atoms with Gasteiger partial charge in [0.25, 0.3) is 0 Å². The lowest BCUT2D eigenvalue weighted by Crippen LogP contribution is -2.37. The summed E-state index contributed by atoms with van der Waals surface area (Å²) in [4.78, 5) is 10.4. The van der Waals surface area contributed by atoms with Crippen LogP contribution in [0.1, 0.15) is 12.8 Å². The van der Waals surface area contributed by atoms with Crippen LogP contribution in [-0.2, 0) is 4.74 Å². The number of nitrogens with zero attached hydrogens (tertiary/aromatic N) is 3. The van der Waals surface area contributed by atoms with Gasteiger partial charge in [0.1, 0.15) is 12.1 Å². The summed E-state index contributed by atoms with van der Waals surface area (Å²) in [5, 5.41) is 0. The second-order valence-electron chi connectivity index (χ2n) is 3.81. The Morgan fingerprint density at radius 2 is 2.25 bits per heavy atom. The lowest BCUT2D eigenvalue weighted by molar-refractivity contribution is 0.0471. The zero-order valence-electron chi connectivity index (χ0n) is 9.18. The van der Waals surface area contributed by atoms with Crippen molar-refractivity contribution in [2.24, 2.45) is 0 Å². The van der Waals surface area contributed by atoms with Crippen LogP contribution in [0.25, 0.3) is 0 Å². The number of anilines is 1. The molecule has 0 radical (unpaired) electrons. The molecule has 1 saturated heterocycles. The van der Waals surface area contributed by atoms with Crippen LogP contribution in [0.15, 0.2) is 18.6 Å². The van der Waals surface area contributed by atoms with Gasteiger partial charge in [0.05, 0.1) is 12.7 Å². The summed E-state index contributed by atoms with van der Waals surface area (Å²) < 4.78 is 5.62. The Morgan fingerprint density at radius 1 is 1.44 bits per heavy atom. The highest BCUT2D eigenvalue weighted by Crippen LogP contribution is 2.18. The summed E-state index contributed by atoms with van der Waals surface area (Å²) in [6, 6.07) is 1.94. The monoisotopic (exact) mass is 241 g/mol. The second kappa shape index (κ2) is 6.01. The maximum absolute atomic E-state index is 5.62. The van der Waals surface area contributed by atoms with Crippen LogP contribution in [0.4, 0.5) is 5.82 Å². The number of hydrogen-bond donors (Lipinski definition) is 0. The van der Waals surface area contributed by atoms with Crippen molar-refractivity contribution in [3.05, 3.63) is 18.6 Å². The first kappa shape index (κ1) is 11.6. The first-order valence-electron chi connectivity index (χ1n) is 5.58. The lowest BCUT2D eigenvalue weighted by Gasteiger charge is -2.32. The Morgan fingerprint density at radius 3 is 2.88 bits per heavy atom. The summed E-state index contributed by atoms with van der Waals surface area (Å²) in [5.41, 5.74) is 0. The lowest BCUT2D eigenvalue weighted by atomic mass is 10.1. The van der Waals surface area contributed by atoms with Crippen molar-refractivity contribution in [2.45, 2.75) is 18.9 Å². The van der Waals surface area contributed by atoms with Crippen molar-refractivity contribution in [3.63, 3.8) is 0 Å². The molecule has 0 atom stereocenters. The molecule has 2 rings (SSSR count). The molecule has 1 aliphatic rings. The van der Waals surface area contributed by atoms with E-state index < -0.39 is 0 Å². The third-order valence-electron chi connectivity index (χ3n) is 2.76. The number of alkyl halides is 1. The molecule has 0 bridgehead atoms. The minimum Gasteiger partial charge on any atom is -0.377 e. The molecule has 1 fully saturated rings. The van der Waals surface area contributed by atoms with Crippen LogP contribution < -0.4 is 4.90 Å². The highest BCUT2D eigenvalue weighted by molar-refractivity contribution is 6.17. The Balaban J connectivity index is 1.81. The summed E-state index contributed by atoms with van der Waals surface area (Å²) in [6.45, 7) is 2.63. The predicted molar refractivity (Wildman–Crippen MR) is 63.9 cm³/mol. The standard InChI is InChI=1S/C11H16ClN3O/c12-4-8-16-10-2-6-15(7-3-10)11-1-5-13-9-14-11/h1,5,9-10H,2-4,6-8H2. The Kier molecular flexibility index (Phi) is 4.36. The van der Waals surface area contributed by atoms with Crippen molar-refractivity contribution >= 4 is 17.4 Å². The second-order valence-corrected chi connectivity index (χ2v) is 4.19. The van der Waals surface area contributed by atoms with Gasteiger partial charge in [-0.1, -0.05) is 0 Å². The molecule has 0 N–H and O–H groups in total. The summed E-state index contributed by atoms with van der Waals surface area (Å²) in [6.07, 6.45) is 5.81. The predicted octanol–water partition coefficient (Wildman–Crippen LogP) is 1.70. The minimum atomic E-state index is 0.358. The Bertz CT molecular complexity index is 301. The number of ether oxygens (including phenoxy) is 1. The molecule has 0 unspecified atom stereocenters. The largest absolute Gasteiger partial charge is 0.377 e. The van der Waals surface area contributed by atoms with E-state index in [9.17, 15) is 0 Å². The Hall–Kier alpha value is -0.870. The maximum atomic E-state index is 5.62. The van der Waals surface area contributed by atoms with Crippen molar-refractivity contribution in [3.8, 4) is 0 Å². The maximum Gasteiger partial charge on any atom is 0.131 e. The molecule has 4 nitrogen and oxygen atoms in total. The molecule has 2 heterocycles. The fourth-order valence-corrected chi connectivity index (χ4v) is 2.02. The van der Waals surface area contributed by atoms with E-state index in [4.69, 9.17) is 16.3 Å². The number of aromatic nitrogens is 2. The summed E-state index contributed by atoms with van der Waals surface area (Å²) in [5.74, 6) is 1.58. The van der Waals surface area contributed by atoms with Gasteiger partial charge in [-0.2, -0.15) is 0 Å². The highest BCUT2D eigenvalue weighted by Gasteiger charge is 2.20.